The Bertz CT molecular complexity index is 344. The van der Waals surface area contributed by atoms with E-state index in [0.717, 1.165) is 31.2 Å². The first-order valence-corrected chi connectivity index (χ1v) is 5.03. The standard InChI is InChI=1S/C11H15N3/c1-2-12-10-6-4-3-5-9(10)11-13-7-8-14-11/h3-6,12H,2,7-8H2,1H3,(H,13,14). The number of amidine groups is 1. The van der Waals surface area contributed by atoms with Crippen LogP contribution in [0.15, 0.2) is 29.3 Å². The molecule has 0 amide bonds. The van der Waals surface area contributed by atoms with Gasteiger partial charge in [-0.3, -0.25) is 4.99 Å². The highest BCUT2D eigenvalue weighted by Gasteiger charge is 2.10. The molecule has 0 unspecified atom stereocenters. The highest BCUT2D eigenvalue weighted by molar-refractivity contribution is 6.04. The molecular weight excluding hydrogens is 174 g/mol. The lowest BCUT2D eigenvalue weighted by Crippen LogP contribution is -2.20. The van der Waals surface area contributed by atoms with Crippen LogP contribution in [-0.4, -0.2) is 25.5 Å². The topological polar surface area (TPSA) is 36.4 Å². The van der Waals surface area contributed by atoms with Crippen molar-refractivity contribution in [2.45, 2.75) is 6.92 Å². The number of anilines is 1. The van der Waals surface area contributed by atoms with Crippen LogP contribution in [0.25, 0.3) is 0 Å². The first-order valence-electron chi connectivity index (χ1n) is 5.03. The van der Waals surface area contributed by atoms with Gasteiger partial charge >= 0.3 is 0 Å². The summed E-state index contributed by atoms with van der Waals surface area (Å²) < 4.78 is 0. The normalized spacial score (nSPS) is 14.8. The SMILES string of the molecule is CCNc1ccccc1C1=NCCN1. The molecule has 2 N–H and O–H groups in total. The van der Waals surface area contributed by atoms with Gasteiger partial charge in [0, 0.05) is 24.3 Å². The predicted molar refractivity (Wildman–Crippen MR) is 60.0 cm³/mol. The fourth-order valence-corrected chi connectivity index (χ4v) is 1.61. The van der Waals surface area contributed by atoms with Crippen LogP contribution < -0.4 is 10.6 Å². The lowest BCUT2D eigenvalue weighted by atomic mass is 10.1. The lowest BCUT2D eigenvalue weighted by Gasteiger charge is -2.10. The molecule has 0 spiro atoms. The van der Waals surface area contributed by atoms with Crippen molar-refractivity contribution < 1.29 is 0 Å². The molecule has 0 aliphatic carbocycles. The molecule has 0 fully saturated rings. The van der Waals surface area contributed by atoms with Gasteiger partial charge < -0.3 is 10.6 Å². The van der Waals surface area contributed by atoms with E-state index in [-0.39, 0.29) is 0 Å². The molecule has 1 aromatic carbocycles. The average molecular weight is 189 g/mol. The minimum absolute atomic E-state index is 0.885. The maximum atomic E-state index is 4.41. The number of nitrogens with one attached hydrogen (secondary N) is 2. The first-order chi connectivity index (χ1) is 6.92. The van der Waals surface area contributed by atoms with Crippen LogP contribution in [0.1, 0.15) is 12.5 Å². The fourth-order valence-electron chi connectivity index (χ4n) is 1.61. The third-order valence-corrected chi connectivity index (χ3v) is 2.22. The first kappa shape index (κ1) is 9.06. The Morgan fingerprint density at radius 1 is 1.43 bits per heavy atom. The van der Waals surface area contributed by atoms with Crippen molar-refractivity contribution in [2.24, 2.45) is 4.99 Å². The van der Waals surface area contributed by atoms with E-state index in [2.05, 4.69) is 34.7 Å². The Hall–Kier alpha value is -1.51. The van der Waals surface area contributed by atoms with Gasteiger partial charge in [0.1, 0.15) is 5.84 Å². The summed E-state index contributed by atoms with van der Waals surface area (Å²) in [5, 5.41) is 6.61. The third kappa shape index (κ3) is 1.71. The molecule has 0 aromatic heterocycles. The molecule has 3 heteroatoms. The summed E-state index contributed by atoms with van der Waals surface area (Å²) in [5.41, 5.74) is 2.33. The summed E-state index contributed by atoms with van der Waals surface area (Å²) in [6.45, 7) is 4.87. The molecule has 1 aliphatic rings. The number of aliphatic imine (C=N–C) groups is 1. The molecule has 0 bridgehead atoms. The summed E-state index contributed by atoms with van der Waals surface area (Å²) in [7, 11) is 0. The van der Waals surface area contributed by atoms with Crippen LogP contribution in [0.5, 0.6) is 0 Å². The van der Waals surface area contributed by atoms with E-state index >= 15 is 0 Å². The predicted octanol–water partition coefficient (Wildman–Crippen LogP) is 1.47. The third-order valence-electron chi connectivity index (χ3n) is 2.22. The molecule has 0 saturated heterocycles. The number of nitrogens with zero attached hydrogens (tertiary/aromatic N) is 1. The second kappa shape index (κ2) is 4.13. The minimum Gasteiger partial charge on any atom is -0.385 e. The Morgan fingerprint density at radius 3 is 3.00 bits per heavy atom. The zero-order chi connectivity index (χ0) is 9.80. The van der Waals surface area contributed by atoms with Crippen LogP contribution >= 0.6 is 0 Å². The summed E-state index contributed by atoms with van der Waals surface area (Å²) in [6, 6.07) is 8.26. The van der Waals surface area contributed by atoms with Gasteiger partial charge in [-0.15, -0.1) is 0 Å². The van der Waals surface area contributed by atoms with Crippen LogP contribution in [0.2, 0.25) is 0 Å². The summed E-state index contributed by atoms with van der Waals surface area (Å²) in [6.07, 6.45) is 0. The molecule has 1 aliphatic heterocycles. The lowest BCUT2D eigenvalue weighted by molar-refractivity contribution is 0.960. The van der Waals surface area contributed by atoms with Crippen molar-refractivity contribution >= 4 is 11.5 Å². The van der Waals surface area contributed by atoms with E-state index in [1.54, 1.807) is 0 Å². The van der Waals surface area contributed by atoms with Crippen molar-refractivity contribution in [3.05, 3.63) is 29.8 Å². The molecule has 3 nitrogen and oxygen atoms in total. The molecule has 1 heterocycles. The van der Waals surface area contributed by atoms with Crippen molar-refractivity contribution in [1.82, 2.24) is 5.32 Å². The second-order valence-corrected chi connectivity index (χ2v) is 3.23. The van der Waals surface area contributed by atoms with Gasteiger partial charge in [0.15, 0.2) is 0 Å². The molecule has 74 valence electrons. The summed E-state index contributed by atoms with van der Waals surface area (Å²) >= 11 is 0. The summed E-state index contributed by atoms with van der Waals surface area (Å²) in [5.74, 6) is 1.02. The summed E-state index contributed by atoms with van der Waals surface area (Å²) in [4.78, 5) is 4.41. The van der Waals surface area contributed by atoms with Crippen molar-refractivity contribution in [3.63, 3.8) is 0 Å². The fraction of sp³-hybridized carbons (Fsp3) is 0.364. The number of hydrogen-bond acceptors (Lipinski definition) is 3. The molecule has 2 rings (SSSR count). The van der Waals surface area contributed by atoms with E-state index in [1.165, 1.54) is 5.56 Å². The molecule has 0 radical (unpaired) electrons. The molecular formula is C11H15N3. The maximum Gasteiger partial charge on any atom is 0.130 e. The monoisotopic (exact) mass is 189 g/mol. The Labute approximate surface area is 84.2 Å². The van der Waals surface area contributed by atoms with E-state index in [9.17, 15) is 0 Å². The average Bonchev–Trinajstić information content (AvgIpc) is 2.72. The van der Waals surface area contributed by atoms with Gasteiger partial charge in [-0.25, -0.2) is 0 Å². The second-order valence-electron chi connectivity index (χ2n) is 3.23. The van der Waals surface area contributed by atoms with Crippen molar-refractivity contribution in [2.75, 3.05) is 25.0 Å². The Kier molecular flexibility index (Phi) is 2.68. The zero-order valence-corrected chi connectivity index (χ0v) is 8.38. The van der Waals surface area contributed by atoms with Crippen LogP contribution in [0.4, 0.5) is 5.69 Å². The molecule has 1 aromatic rings. The van der Waals surface area contributed by atoms with Crippen LogP contribution in [0, 0.1) is 0 Å². The Balaban J connectivity index is 2.31. The van der Waals surface area contributed by atoms with E-state index in [0.29, 0.717) is 0 Å². The van der Waals surface area contributed by atoms with Crippen LogP contribution in [-0.2, 0) is 0 Å². The van der Waals surface area contributed by atoms with Gasteiger partial charge in [0.25, 0.3) is 0 Å². The Morgan fingerprint density at radius 2 is 2.29 bits per heavy atom. The maximum absolute atomic E-state index is 4.41. The smallest absolute Gasteiger partial charge is 0.130 e. The van der Waals surface area contributed by atoms with Gasteiger partial charge in [-0.05, 0) is 19.1 Å². The van der Waals surface area contributed by atoms with Gasteiger partial charge in [-0.1, -0.05) is 12.1 Å². The number of para-hydroxylation sites is 1. The van der Waals surface area contributed by atoms with E-state index in [1.807, 2.05) is 12.1 Å². The molecule has 0 saturated carbocycles. The quantitative estimate of drug-likeness (QED) is 0.755. The number of benzene rings is 1. The van der Waals surface area contributed by atoms with Gasteiger partial charge in [-0.2, -0.15) is 0 Å². The van der Waals surface area contributed by atoms with Gasteiger partial charge in [0.2, 0.25) is 0 Å². The van der Waals surface area contributed by atoms with Crippen molar-refractivity contribution in [3.8, 4) is 0 Å². The van der Waals surface area contributed by atoms with E-state index in [4.69, 9.17) is 0 Å². The highest BCUT2D eigenvalue weighted by Crippen LogP contribution is 2.15. The molecule has 14 heavy (non-hydrogen) atoms. The zero-order valence-electron chi connectivity index (χ0n) is 8.38. The van der Waals surface area contributed by atoms with Crippen molar-refractivity contribution in [1.29, 1.82) is 0 Å². The minimum atomic E-state index is 0.885. The van der Waals surface area contributed by atoms with Gasteiger partial charge in [0.05, 0.1) is 6.54 Å². The largest absolute Gasteiger partial charge is 0.385 e. The number of hydrogen-bond donors (Lipinski definition) is 2. The van der Waals surface area contributed by atoms with Crippen LogP contribution in [0.3, 0.4) is 0 Å². The van der Waals surface area contributed by atoms with E-state index < -0.39 is 0 Å². The highest BCUT2D eigenvalue weighted by atomic mass is 15.1. The molecule has 0 atom stereocenters. The number of rotatable bonds is 3.